The van der Waals surface area contributed by atoms with Crippen molar-refractivity contribution in [3.05, 3.63) is 36.7 Å². The van der Waals surface area contributed by atoms with Crippen LogP contribution in [0.2, 0.25) is 0 Å². The van der Waals surface area contributed by atoms with Gasteiger partial charge in [0.05, 0.1) is 25.5 Å². The van der Waals surface area contributed by atoms with Crippen molar-refractivity contribution in [2.45, 2.75) is 39.5 Å². The van der Waals surface area contributed by atoms with Gasteiger partial charge in [-0.3, -0.25) is 0 Å². The minimum absolute atomic E-state index is 0. The van der Waals surface area contributed by atoms with E-state index in [1.165, 1.54) is 19.0 Å². The molecule has 0 aliphatic heterocycles. The monoisotopic (exact) mass is 332 g/mol. The van der Waals surface area contributed by atoms with Crippen LogP contribution >= 0.6 is 12.4 Å². The smallest absolute Gasteiger partial charge is 0.408 e. The van der Waals surface area contributed by atoms with Gasteiger partial charge in [-0.05, 0) is 20.8 Å². The number of hydrogen-bond acceptors (Lipinski definition) is 7. The normalized spacial score (nSPS) is 10.0. The summed E-state index contributed by atoms with van der Waals surface area (Å²) in [6, 6.07) is 0. The summed E-state index contributed by atoms with van der Waals surface area (Å²) in [7, 11) is 0. The summed E-state index contributed by atoms with van der Waals surface area (Å²) in [5.41, 5.74) is 4.68. The van der Waals surface area contributed by atoms with Crippen molar-refractivity contribution in [2.75, 3.05) is 0 Å². The second kappa shape index (κ2) is 9.80. The molecule has 0 bridgehead atoms. The Balaban J connectivity index is 0.000000465. The van der Waals surface area contributed by atoms with E-state index in [4.69, 9.17) is 19.3 Å². The number of halogens is 1. The predicted octanol–water partition coefficient (Wildman–Crippen LogP) is 2.25. The molecule has 3 N–H and O–H groups in total. The summed E-state index contributed by atoms with van der Waals surface area (Å²) in [5, 5.41) is 2.55. The minimum Gasteiger partial charge on any atom is -0.447 e. The lowest BCUT2D eigenvalue weighted by molar-refractivity contribution is 0.0520. The van der Waals surface area contributed by atoms with Crippen molar-refractivity contribution in [2.24, 2.45) is 5.73 Å². The molecule has 0 fully saturated rings. The number of rotatable bonds is 3. The van der Waals surface area contributed by atoms with Gasteiger partial charge in [0.1, 0.15) is 17.1 Å². The zero-order chi connectivity index (χ0) is 15.7. The zero-order valence-electron chi connectivity index (χ0n) is 12.7. The number of alkyl carbamates (subject to hydrolysis) is 1. The molecule has 0 radical (unpaired) electrons. The van der Waals surface area contributed by atoms with Gasteiger partial charge in [-0.2, -0.15) is 0 Å². The minimum atomic E-state index is -0.481. The number of amides is 1. The molecule has 0 aliphatic carbocycles. The van der Waals surface area contributed by atoms with Crippen LogP contribution in [-0.2, 0) is 17.8 Å². The number of nitrogens with two attached hydrogens (primary N) is 1. The number of oxazole rings is 2. The van der Waals surface area contributed by atoms with E-state index in [9.17, 15) is 4.79 Å². The summed E-state index contributed by atoms with van der Waals surface area (Å²) in [5.74, 6) is 1.32. The number of ether oxygens (including phenoxy) is 1. The Morgan fingerprint density at radius 3 is 2.14 bits per heavy atom. The molecule has 0 aromatic carbocycles. The molecule has 2 aromatic rings. The van der Waals surface area contributed by atoms with E-state index >= 15 is 0 Å². The molecule has 0 atom stereocenters. The number of carbonyl (C=O) groups is 1. The van der Waals surface area contributed by atoms with Gasteiger partial charge in [-0.25, -0.2) is 14.8 Å². The lowest BCUT2D eigenvalue weighted by Gasteiger charge is -2.19. The van der Waals surface area contributed by atoms with Crippen molar-refractivity contribution in [3.8, 4) is 0 Å². The van der Waals surface area contributed by atoms with Crippen molar-refractivity contribution < 1.29 is 18.4 Å². The van der Waals surface area contributed by atoms with Gasteiger partial charge in [0.25, 0.3) is 0 Å². The Hall–Kier alpha value is -2.06. The average Bonchev–Trinajstić information content (AvgIpc) is 3.08. The Morgan fingerprint density at radius 1 is 1.23 bits per heavy atom. The van der Waals surface area contributed by atoms with Crippen LogP contribution in [0.15, 0.2) is 34.0 Å². The number of carbonyl (C=O) groups excluding carboxylic acids is 1. The quantitative estimate of drug-likeness (QED) is 0.885. The fourth-order valence-electron chi connectivity index (χ4n) is 1.15. The largest absolute Gasteiger partial charge is 0.447 e. The third-order valence-electron chi connectivity index (χ3n) is 1.97. The molecule has 0 aliphatic rings. The molecule has 124 valence electrons. The highest BCUT2D eigenvalue weighted by molar-refractivity contribution is 5.85. The van der Waals surface area contributed by atoms with E-state index in [1.807, 2.05) is 0 Å². The molecule has 1 amide bonds. The predicted molar refractivity (Wildman–Crippen MR) is 81.2 cm³/mol. The van der Waals surface area contributed by atoms with E-state index in [2.05, 4.69) is 15.3 Å². The topological polar surface area (TPSA) is 116 Å². The molecular weight excluding hydrogens is 312 g/mol. The number of nitrogens with one attached hydrogen (secondary N) is 1. The molecule has 9 heteroatoms. The first-order valence-corrected chi connectivity index (χ1v) is 6.32. The van der Waals surface area contributed by atoms with Gasteiger partial charge >= 0.3 is 6.09 Å². The fraction of sp³-hybridized carbons (Fsp3) is 0.462. The van der Waals surface area contributed by atoms with Gasteiger partial charge in [-0.15, -0.1) is 12.4 Å². The van der Waals surface area contributed by atoms with Crippen LogP contribution in [0.1, 0.15) is 32.3 Å². The van der Waals surface area contributed by atoms with Gasteiger partial charge in [0.15, 0.2) is 12.8 Å². The first-order chi connectivity index (χ1) is 9.90. The summed E-state index contributed by atoms with van der Waals surface area (Å²) in [6.07, 6.45) is 5.35. The highest BCUT2D eigenvalue weighted by atomic mass is 35.5. The van der Waals surface area contributed by atoms with E-state index in [0.29, 0.717) is 12.3 Å². The molecule has 2 heterocycles. The van der Waals surface area contributed by atoms with Crippen molar-refractivity contribution in [3.63, 3.8) is 0 Å². The Morgan fingerprint density at radius 2 is 1.77 bits per heavy atom. The highest BCUT2D eigenvalue weighted by Gasteiger charge is 2.15. The van der Waals surface area contributed by atoms with Crippen LogP contribution in [0.25, 0.3) is 0 Å². The number of aromatic nitrogens is 2. The highest BCUT2D eigenvalue weighted by Crippen LogP contribution is 2.06. The molecule has 2 rings (SSSR count). The lowest BCUT2D eigenvalue weighted by atomic mass is 10.2. The second-order valence-corrected chi connectivity index (χ2v) is 5.00. The number of hydrogen-bond donors (Lipinski definition) is 2. The third kappa shape index (κ3) is 8.98. The molecule has 0 unspecified atom stereocenters. The summed E-state index contributed by atoms with van der Waals surface area (Å²) >= 11 is 0. The van der Waals surface area contributed by atoms with Crippen LogP contribution in [0.4, 0.5) is 4.79 Å². The van der Waals surface area contributed by atoms with E-state index in [0.717, 1.165) is 5.76 Å². The van der Waals surface area contributed by atoms with Gasteiger partial charge in [0.2, 0.25) is 0 Å². The van der Waals surface area contributed by atoms with E-state index in [-0.39, 0.29) is 19.0 Å². The van der Waals surface area contributed by atoms with Crippen molar-refractivity contribution >= 4 is 18.5 Å². The Kier molecular flexibility index (Phi) is 8.88. The SMILES string of the molecule is CC(C)(C)OC(=O)NCc1cnco1.Cl.NCc1cnco1. The summed E-state index contributed by atoms with van der Waals surface area (Å²) in [6.45, 7) is 6.14. The molecule has 0 saturated heterocycles. The Bertz CT molecular complexity index is 509. The lowest BCUT2D eigenvalue weighted by Crippen LogP contribution is -2.32. The van der Waals surface area contributed by atoms with Crippen molar-refractivity contribution in [1.82, 2.24) is 15.3 Å². The molecule has 2 aromatic heterocycles. The molecule has 0 spiro atoms. The average molecular weight is 333 g/mol. The molecule has 22 heavy (non-hydrogen) atoms. The van der Waals surface area contributed by atoms with Crippen LogP contribution in [0.3, 0.4) is 0 Å². The fourth-order valence-corrected chi connectivity index (χ4v) is 1.15. The maximum atomic E-state index is 11.2. The standard InChI is InChI=1S/C9H14N2O3.C4H6N2O.ClH/c1-9(2,3)14-8(12)11-5-7-4-10-6-13-7;5-1-4-2-6-3-7-4;/h4,6H,5H2,1-3H3,(H,11,12);2-3H,1,5H2;1H. The molecule has 0 saturated carbocycles. The van der Waals surface area contributed by atoms with Gasteiger partial charge in [-0.1, -0.05) is 0 Å². The summed E-state index contributed by atoms with van der Waals surface area (Å²) in [4.78, 5) is 18.5. The third-order valence-corrected chi connectivity index (χ3v) is 1.97. The number of nitrogens with zero attached hydrogens (tertiary/aromatic N) is 2. The van der Waals surface area contributed by atoms with Crippen LogP contribution in [-0.4, -0.2) is 21.7 Å². The van der Waals surface area contributed by atoms with E-state index in [1.54, 1.807) is 27.0 Å². The molecule has 8 nitrogen and oxygen atoms in total. The van der Waals surface area contributed by atoms with Gasteiger partial charge in [0, 0.05) is 0 Å². The maximum Gasteiger partial charge on any atom is 0.408 e. The van der Waals surface area contributed by atoms with Crippen LogP contribution < -0.4 is 11.1 Å². The zero-order valence-corrected chi connectivity index (χ0v) is 13.6. The van der Waals surface area contributed by atoms with E-state index < -0.39 is 11.7 Å². The summed E-state index contributed by atoms with van der Waals surface area (Å²) < 4.78 is 14.7. The van der Waals surface area contributed by atoms with Crippen LogP contribution in [0.5, 0.6) is 0 Å². The van der Waals surface area contributed by atoms with Crippen molar-refractivity contribution in [1.29, 1.82) is 0 Å². The Labute approximate surface area is 134 Å². The first-order valence-electron chi connectivity index (χ1n) is 6.32. The molecular formula is C13H21ClN4O4. The second-order valence-electron chi connectivity index (χ2n) is 5.00. The van der Waals surface area contributed by atoms with Gasteiger partial charge < -0.3 is 24.6 Å². The maximum absolute atomic E-state index is 11.2. The first kappa shape index (κ1) is 19.9. The van der Waals surface area contributed by atoms with Crippen LogP contribution in [0, 0.1) is 0 Å².